The molecule has 4 rings (SSSR count). The number of nitrogens with zero attached hydrogens (tertiary/aromatic N) is 2. The number of hydrogen-bond acceptors (Lipinski definition) is 6. The first-order valence-electron chi connectivity index (χ1n) is 11.0. The van der Waals surface area contributed by atoms with E-state index in [1.165, 1.54) is 18.2 Å². The second-order valence-corrected chi connectivity index (χ2v) is 10.3. The van der Waals surface area contributed by atoms with Gasteiger partial charge in [0.25, 0.3) is 17.5 Å². The quantitative estimate of drug-likeness (QED) is 0.111. The second-order valence-electron chi connectivity index (χ2n) is 8.01. The third kappa shape index (κ3) is 5.98. The fourth-order valence-corrected chi connectivity index (χ4v) is 5.78. The van der Waals surface area contributed by atoms with E-state index >= 15 is 0 Å². The molecule has 0 atom stereocenters. The van der Waals surface area contributed by atoms with E-state index in [2.05, 4.69) is 50.5 Å². The molecular formula is C26H19I2N3O6. The summed E-state index contributed by atoms with van der Waals surface area (Å²) in [5.41, 5.74) is 2.45. The van der Waals surface area contributed by atoms with Crippen LogP contribution in [0.1, 0.15) is 23.6 Å². The summed E-state index contributed by atoms with van der Waals surface area (Å²) >= 11 is 4.16. The number of aryl methyl sites for hydroxylation is 1. The number of benzene rings is 3. The summed E-state index contributed by atoms with van der Waals surface area (Å²) in [6.07, 6.45) is 2.25. The maximum atomic E-state index is 13.2. The molecule has 0 saturated carbocycles. The highest BCUT2D eigenvalue weighted by atomic mass is 127. The average molecular weight is 723 g/mol. The number of hydrogen-bond donors (Lipinski definition) is 1. The molecule has 1 heterocycles. The van der Waals surface area contributed by atoms with E-state index in [-0.39, 0.29) is 17.9 Å². The molecule has 0 aromatic heterocycles. The molecule has 0 spiro atoms. The van der Waals surface area contributed by atoms with Gasteiger partial charge >= 0.3 is 6.03 Å². The Morgan fingerprint density at radius 1 is 1.00 bits per heavy atom. The minimum Gasteiger partial charge on any atom is -0.487 e. The monoisotopic (exact) mass is 723 g/mol. The number of nitrogens with one attached hydrogen (secondary N) is 1. The number of imide groups is 2. The van der Waals surface area contributed by atoms with E-state index in [0.717, 1.165) is 16.9 Å². The molecule has 1 aliphatic rings. The van der Waals surface area contributed by atoms with Gasteiger partial charge in [-0.2, -0.15) is 0 Å². The lowest BCUT2D eigenvalue weighted by molar-refractivity contribution is -0.384. The Balaban J connectivity index is 1.58. The number of nitro groups is 1. The van der Waals surface area contributed by atoms with Gasteiger partial charge in [0.15, 0.2) is 0 Å². The summed E-state index contributed by atoms with van der Waals surface area (Å²) in [5.74, 6) is -0.913. The molecule has 37 heavy (non-hydrogen) atoms. The highest BCUT2D eigenvalue weighted by Crippen LogP contribution is 2.31. The molecule has 3 aromatic rings. The summed E-state index contributed by atoms with van der Waals surface area (Å²) in [4.78, 5) is 49.7. The van der Waals surface area contributed by atoms with Crippen molar-refractivity contribution in [3.05, 3.63) is 100 Å². The molecule has 1 aliphatic heterocycles. The summed E-state index contributed by atoms with van der Waals surface area (Å²) < 4.78 is 7.36. The van der Waals surface area contributed by atoms with E-state index in [0.29, 0.717) is 29.7 Å². The van der Waals surface area contributed by atoms with Gasteiger partial charge in [-0.1, -0.05) is 31.2 Å². The van der Waals surface area contributed by atoms with Gasteiger partial charge in [-0.15, -0.1) is 0 Å². The zero-order chi connectivity index (χ0) is 26.7. The lowest BCUT2D eigenvalue weighted by Gasteiger charge is -2.26. The van der Waals surface area contributed by atoms with Crippen molar-refractivity contribution in [3.63, 3.8) is 0 Å². The van der Waals surface area contributed by atoms with Crippen LogP contribution in [0, 0.1) is 17.3 Å². The van der Waals surface area contributed by atoms with Gasteiger partial charge in [0.1, 0.15) is 17.9 Å². The number of halogens is 2. The van der Waals surface area contributed by atoms with Crippen LogP contribution in [0.4, 0.5) is 16.2 Å². The minimum atomic E-state index is -0.801. The van der Waals surface area contributed by atoms with E-state index < -0.39 is 22.8 Å². The number of rotatable bonds is 7. The Morgan fingerprint density at radius 2 is 1.68 bits per heavy atom. The van der Waals surface area contributed by atoms with Crippen molar-refractivity contribution in [3.8, 4) is 5.75 Å². The van der Waals surface area contributed by atoms with Gasteiger partial charge in [0.05, 0.1) is 17.8 Å². The molecule has 11 heteroatoms. The van der Waals surface area contributed by atoms with Crippen LogP contribution in [-0.2, 0) is 22.6 Å². The van der Waals surface area contributed by atoms with Crippen molar-refractivity contribution in [1.82, 2.24) is 5.32 Å². The first kappa shape index (κ1) is 26.7. The lowest BCUT2D eigenvalue weighted by atomic mass is 10.1. The summed E-state index contributed by atoms with van der Waals surface area (Å²) in [6.45, 7) is 2.13. The number of barbiturate groups is 1. The van der Waals surface area contributed by atoms with Crippen molar-refractivity contribution in [2.45, 2.75) is 20.0 Å². The van der Waals surface area contributed by atoms with Crippen LogP contribution in [0.5, 0.6) is 5.75 Å². The minimum absolute atomic E-state index is 0.0169. The lowest BCUT2D eigenvalue weighted by Crippen LogP contribution is -2.54. The number of anilines is 1. The number of nitro benzene ring substituents is 1. The molecule has 0 bridgehead atoms. The summed E-state index contributed by atoms with van der Waals surface area (Å²) in [6, 6.07) is 15.9. The normalized spacial score (nSPS) is 14.6. The highest BCUT2D eigenvalue weighted by Gasteiger charge is 2.36. The molecule has 3 aromatic carbocycles. The van der Waals surface area contributed by atoms with Crippen molar-refractivity contribution in [2.75, 3.05) is 4.90 Å². The third-order valence-corrected chi connectivity index (χ3v) is 7.14. The van der Waals surface area contributed by atoms with E-state index in [1.807, 2.05) is 19.1 Å². The molecule has 1 fully saturated rings. The van der Waals surface area contributed by atoms with E-state index in [1.54, 1.807) is 36.4 Å². The van der Waals surface area contributed by atoms with E-state index in [4.69, 9.17) is 4.74 Å². The maximum Gasteiger partial charge on any atom is 0.335 e. The Labute approximate surface area is 239 Å². The van der Waals surface area contributed by atoms with Crippen LogP contribution < -0.4 is 15.0 Å². The van der Waals surface area contributed by atoms with Crippen LogP contribution in [0.3, 0.4) is 0 Å². The molecule has 1 saturated heterocycles. The molecular weight excluding hydrogens is 704 g/mol. The largest absolute Gasteiger partial charge is 0.487 e. The predicted molar refractivity (Wildman–Crippen MR) is 154 cm³/mol. The highest BCUT2D eigenvalue weighted by molar-refractivity contribution is 14.1. The van der Waals surface area contributed by atoms with Gasteiger partial charge in [-0.05, 0) is 98.6 Å². The Bertz CT molecular complexity index is 1430. The number of amides is 4. The molecule has 1 N–H and O–H groups in total. The Hall–Kier alpha value is -3.33. The standard InChI is InChI=1S/C26H19I2N3O6/c1-2-15-6-8-18(9-7-15)30-25(33)20(24(32)29-26(30)34)11-17-12-21(27)23(22(28)13-17)37-14-16-4-3-5-19(10-16)31(35)36/h3-13H,2,14H2,1H3,(H,29,32,34)/b20-11-. The van der Waals surface area contributed by atoms with E-state index in [9.17, 15) is 24.5 Å². The molecule has 0 radical (unpaired) electrons. The number of urea groups is 1. The van der Waals surface area contributed by atoms with Gasteiger partial charge in [0.2, 0.25) is 0 Å². The van der Waals surface area contributed by atoms with Gasteiger partial charge < -0.3 is 4.74 Å². The number of carbonyl (C=O) groups excluding carboxylic acids is 3. The maximum absolute atomic E-state index is 13.2. The first-order chi connectivity index (χ1) is 17.7. The Kier molecular flexibility index (Phi) is 8.22. The SMILES string of the molecule is CCc1ccc(N2C(=O)NC(=O)/C(=C/c3cc(I)c(OCc4cccc([N+](=O)[O-])c4)c(I)c3)C2=O)cc1. The second kappa shape index (κ2) is 11.4. The average Bonchev–Trinajstić information content (AvgIpc) is 2.86. The van der Waals surface area contributed by atoms with Crippen LogP contribution in [-0.4, -0.2) is 22.8 Å². The summed E-state index contributed by atoms with van der Waals surface area (Å²) in [5, 5.41) is 13.2. The van der Waals surface area contributed by atoms with Crippen molar-refractivity contribution in [1.29, 1.82) is 0 Å². The van der Waals surface area contributed by atoms with Gasteiger partial charge in [-0.25, -0.2) is 9.69 Å². The third-order valence-electron chi connectivity index (χ3n) is 5.54. The molecule has 188 valence electrons. The summed E-state index contributed by atoms with van der Waals surface area (Å²) in [7, 11) is 0. The van der Waals surface area contributed by atoms with Gasteiger partial charge in [0, 0.05) is 12.1 Å². The number of ether oxygens (including phenoxy) is 1. The molecule has 0 unspecified atom stereocenters. The zero-order valence-electron chi connectivity index (χ0n) is 19.4. The van der Waals surface area contributed by atoms with Crippen molar-refractivity contribution < 1.29 is 24.0 Å². The van der Waals surface area contributed by atoms with Gasteiger partial charge in [-0.3, -0.25) is 25.0 Å². The fourth-order valence-electron chi connectivity index (χ4n) is 3.66. The topological polar surface area (TPSA) is 119 Å². The Morgan fingerprint density at radius 3 is 2.30 bits per heavy atom. The zero-order valence-corrected chi connectivity index (χ0v) is 23.7. The van der Waals surface area contributed by atoms with Crippen LogP contribution in [0.25, 0.3) is 6.08 Å². The first-order valence-corrected chi connectivity index (χ1v) is 13.2. The number of carbonyl (C=O) groups is 3. The molecule has 9 nitrogen and oxygen atoms in total. The smallest absolute Gasteiger partial charge is 0.335 e. The fraction of sp³-hybridized carbons (Fsp3) is 0.115. The predicted octanol–water partition coefficient (Wildman–Crippen LogP) is 5.61. The van der Waals surface area contributed by atoms with Crippen molar-refractivity contribution >= 4 is 80.5 Å². The number of non-ortho nitro benzene ring substituents is 1. The van der Waals surface area contributed by atoms with Crippen molar-refractivity contribution in [2.24, 2.45) is 0 Å². The van der Waals surface area contributed by atoms with Crippen LogP contribution >= 0.6 is 45.2 Å². The molecule has 4 amide bonds. The molecule has 0 aliphatic carbocycles. The van der Waals surface area contributed by atoms with Crippen LogP contribution in [0.15, 0.2) is 66.2 Å². The van der Waals surface area contributed by atoms with Crippen LogP contribution in [0.2, 0.25) is 0 Å².